The first kappa shape index (κ1) is 18.3. The van der Waals surface area contributed by atoms with E-state index in [0.29, 0.717) is 9.52 Å². The van der Waals surface area contributed by atoms with Crippen molar-refractivity contribution >= 4 is 41.3 Å². The van der Waals surface area contributed by atoms with E-state index >= 15 is 0 Å². The molecule has 0 saturated carbocycles. The Bertz CT molecular complexity index is 989. The highest BCUT2D eigenvalue weighted by Crippen LogP contribution is 2.27. The second-order valence-corrected chi connectivity index (χ2v) is 7.95. The van der Waals surface area contributed by atoms with Crippen molar-refractivity contribution in [2.24, 2.45) is 0 Å². The molecule has 5 nitrogen and oxygen atoms in total. The molecule has 0 aliphatic heterocycles. The van der Waals surface area contributed by atoms with Crippen LogP contribution < -0.4 is 0 Å². The first-order valence-electron chi connectivity index (χ1n) is 7.59. The van der Waals surface area contributed by atoms with Gasteiger partial charge >= 0.3 is 5.97 Å². The van der Waals surface area contributed by atoms with Crippen molar-refractivity contribution in [1.29, 1.82) is 5.26 Å². The van der Waals surface area contributed by atoms with Gasteiger partial charge in [-0.1, -0.05) is 53.4 Å². The van der Waals surface area contributed by atoms with Crippen LogP contribution in [0.2, 0.25) is 0 Å². The van der Waals surface area contributed by atoms with E-state index in [1.54, 1.807) is 46.8 Å². The number of carbonyl (C=O) groups is 1. The summed E-state index contributed by atoms with van der Waals surface area (Å²) in [5, 5.41) is 13.0. The van der Waals surface area contributed by atoms with Crippen molar-refractivity contribution in [3.63, 3.8) is 0 Å². The minimum absolute atomic E-state index is 0.264. The third-order valence-corrected chi connectivity index (χ3v) is 5.79. The van der Waals surface area contributed by atoms with Crippen molar-refractivity contribution in [2.45, 2.75) is 10.1 Å². The highest BCUT2D eigenvalue weighted by molar-refractivity contribution is 8.00. The van der Waals surface area contributed by atoms with E-state index in [2.05, 4.69) is 17.2 Å². The number of carbonyl (C=O) groups excluding carboxylic acids is 1. The van der Waals surface area contributed by atoms with E-state index in [1.807, 2.05) is 18.2 Å². The zero-order chi connectivity index (χ0) is 18.4. The molecule has 0 aliphatic carbocycles. The van der Waals surface area contributed by atoms with Gasteiger partial charge in [0.1, 0.15) is 6.07 Å². The zero-order valence-corrected chi connectivity index (χ0v) is 15.9. The lowest BCUT2D eigenvalue weighted by Gasteiger charge is -2.03. The monoisotopic (exact) mass is 399 g/mol. The molecule has 0 saturated heterocycles. The number of aromatic nitrogens is 2. The summed E-state index contributed by atoms with van der Waals surface area (Å²) in [5.41, 5.74) is 2.38. The molecule has 3 rings (SSSR count). The van der Waals surface area contributed by atoms with E-state index in [4.69, 9.17) is 22.2 Å². The first-order chi connectivity index (χ1) is 12.7. The summed E-state index contributed by atoms with van der Waals surface area (Å²) in [7, 11) is 0. The van der Waals surface area contributed by atoms with Gasteiger partial charge in [0.05, 0.1) is 11.3 Å². The van der Waals surface area contributed by atoms with Crippen LogP contribution in [0.4, 0.5) is 0 Å². The third-order valence-electron chi connectivity index (χ3n) is 3.35. The van der Waals surface area contributed by atoms with Gasteiger partial charge in [-0.2, -0.15) is 5.26 Å². The van der Waals surface area contributed by atoms with Crippen LogP contribution in [0.1, 0.15) is 15.9 Å². The Hall–Kier alpha value is -2.47. The van der Waals surface area contributed by atoms with Gasteiger partial charge in [0, 0.05) is 5.75 Å². The molecule has 0 amide bonds. The molecule has 0 radical (unpaired) electrons. The molecule has 0 aliphatic rings. The Morgan fingerprint density at radius 1 is 1.23 bits per heavy atom. The van der Waals surface area contributed by atoms with E-state index in [0.717, 1.165) is 15.8 Å². The van der Waals surface area contributed by atoms with Crippen molar-refractivity contribution < 1.29 is 9.53 Å². The number of rotatable bonds is 6. The van der Waals surface area contributed by atoms with Gasteiger partial charge in [0.15, 0.2) is 14.9 Å². The van der Waals surface area contributed by atoms with Gasteiger partial charge < -0.3 is 4.74 Å². The fourth-order valence-corrected chi connectivity index (χ4v) is 4.44. The number of hydrogen-bond donors (Lipinski definition) is 0. The lowest BCUT2D eigenvalue weighted by Crippen LogP contribution is -2.05. The molecule has 1 aromatic heterocycles. The first-order valence-corrected chi connectivity index (χ1v) is 9.80. The quantitative estimate of drug-likeness (QED) is 0.342. The maximum atomic E-state index is 11.7. The van der Waals surface area contributed by atoms with Crippen LogP contribution in [0.15, 0.2) is 58.9 Å². The van der Waals surface area contributed by atoms with Gasteiger partial charge in [-0.15, -0.1) is 5.10 Å². The summed E-state index contributed by atoms with van der Waals surface area (Å²) in [6.45, 7) is -0.264. The van der Waals surface area contributed by atoms with Crippen molar-refractivity contribution in [3.8, 4) is 11.8 Å². The Balaban J connectivity index is 1.71. The molecule has 0 N–H and O–H groups in total. The standard InChI is InChI=1S/C18H13N3O2S3/c19-10-11-23-16(22)14-6-8-15(9-7-14)21-18(24)26-17(20-21)25-12-13-4-2-1-3-5-13/h1-9H,11-12H2. The molecular weight excluding hydrogens is 386 g/mol. The number of benzene rings is 2. The lowest BCUT2D eigenvalue weighted by atomic mass is 10.2. The fourth-order valence-electron chi connectivity index (χ4n) is 2.12. The SMILES string of the molecule is N#CCOC(=O)c1ccc(-n2nc(SCc3ccccc3)sc2=S)cc1. The smallest absolute Gasteiger partial charge is 0.339 e. The lowest BCUT2D eigenvalue weighted by molar-refractivity contribution is 0.0555. The number of hydrogen-bond acceptors (Lipinski definition) is 7. The van der Waals surface area contributed by atoms with E-state index in [9.17, 15) is 4.79 Å². The molecule has 0 spiro atoms. The van der Waals surface area contributed by atoms with Crippen molar-refractivity contribution in [2.75, 3.05) is 6.61 Å². The van der Waals surface area contributed by atoms with Crippen molar-refractivity contribution in [3.05, 3.63) is 69.7 Å². The molecule has 26 heavy (non-hydrogen) atoms. The minimum atomic E-state index is -0.529. The van der Waals surface area contributed by atoms with Gasteiger partial charge in [-0.05, 0) is 42.0 Å². The van der Waals surface area contributed by atoms with Crippen LogP contribution in [0, 0.1) is 15.3 Å². The zero-order valence-electron chi connectivity index (χ0n) is 13.5. The van der Waals surface area contributed by atoms with Crippen LogP contribution >= 0.6 is 35.3 Å². The largest absolute Gasteiger partial charge is 0.447 e. The Labute approximate surface area is 163 Å². The van der Waals surface area contributed by atoms with Crippen LogP contribution in [0.3, 0.4) is 0 Å². The molecule has 3 aromatic rings. The van der Waals surface area contributed by atoms with Crippen LogP contribution in [0.5, 0.6) is 0 Å². The molecule has 2 aromatic carbocycles. The molecule has 130 valence electrons. The van der Waals surface area contributed by atoms with Gasteiger partial charge in [0.25, 0.3) is 0 Å². The van der Waals surface area contributed by atoms with Crippen LogP contribution in [0.25, 0.3) is 5.69 Å². The van der Waals surface area contributed by atoms with Gasteiger partial charge in [0.2, 0.25) is 0 Å². The Morgan fingerprint density at radius 2 is 1.96 bits per heavy atom. The maximum absolute atomic E-state index is 11.7. The molecule has 0 atom stereocenters. The van der Waals surface area contributed by atoms with Crippen LogP contribution in [-0.2, 0) is 10.5 Å². The average molecular weight is 400 g/mol. The third kappa shape index (κ3) is 4.58. The second kappa shape index (κ2) is 8.76. The highest BCUT2D eigenvalue weighted by Gasteiger charge is 2.10. The number of nitrogens with zero attached hydrogens (tertiary/aromatic N) is 3. The van der Waals surface area contributed by atoms with Crippen LogP contribution in [-0.4, -0.2) is 22.4 Å². The average Bonchev–Trinajstić information content (AvgIpc) is 3.06. The molecule has 0 bridgehead atoms. The molecular formula is C18H13N3O2S3. The number of esters is 1. The second-order valence-electron chi connectivity index (χ2n) is 5.10. The van der Waals surface area contributed by atoms with E-state index in [1.165, 1.54) is 16.9 Å². The fraction of sp³-hybridized carbons (Fsp3) is 0.111. The van der Waals surface area contributed by atoms with Gasteiger partial charge in [-0.25, -0.2) is 9.48 Å². The predicted octanol–water partition coefficient (Wildman–Crippen LogP) is 4.64. The normalized spacial score (nSPS) is 10.3. The molecule has 8 heteroatoms. The van der Waals surface area contributed by atoms with E-state index < -0.39 is 5.97 Å². The summed E-state index contributed by atoms with van der Waals surface area (Å²) in [5.74, 6) is 0.298. The molecule has 1 heterocycles. The van der Waals surface area contributed by atoms with E-state index in [-0.39, 0.29) is 6.61 Å². The molecule has 0 fully saturated rings. The summed E-state index contributed by atoms with van der Waals surface area (Å²) in [6.07, 6.45) is 0. The summed E-state index contributed by atoms with van der Waals surface area (Å²) >= 11 is 8.49. The predicted molar refractivity (Wildman–Crippen MR) is 104 cm³/mol. The number of nitriles is 1. The minimum Gasteiger partial charge on any atom is -0.447 e. The number of ether oxygens (including phenoxy) is 1. The Kier molecular flexibility index (Phi) is 6.17. The topological polar surface area (TPSA) is 67.9 Å². The maximum Gasteiger partial charge on any atom is 0.339 e. The van der Waals surface area contributed by atoms with Gasteiger partial charge in [-0.3, -0.25) is 0 Å². The summed E-state index contributed by atoms with van der Waals surface area (Å²) < 4.78 is 7.98. The number of thioether (sulfide) groups is 1. The summed E-state index contributed by atoms with van der Waals surface area (Å²) in [4.78, 5) is 11.7. The summed E-state index contributed by atoms with van der Waals surface area (Å²) in [6, 6.07) is 18.7. The highest BCUT2D eigenvalue weighted by atomic mass is 32.2. The molecule has 0 unspecified atom stereocenters. The Morgan fingerprint density at radius 3 is 2.65 bits per heavy atom. The van der Waals surface area contributed by atoms with Crippen molar-refractivity contribution in [1.82, 2.24) is 9.78 Å².